The van der Waals surface area contributed by atoms with Crippen LogP contribution in [0.4, 0.5) is 27.2 Å². The normalized spacial score (nSPS) is 24.4. The predicted octanol–water partition coefficient (Wildman–Crippen LogP) is 4.25. The largest absolute Gasteiger partial charge is 0.446 e. The van der Waals surface area contributed by atoms with E-state index in [1.165, 1.54) is 30.3 Å². The molecule has 4 heterocycles. The van der Waals surface area contributed by atoms with Crippen LogP contribution in [0.5, 0.6) is 0 Å². The van der Waals surface area contributed by atoms with E-state index in [0.29, 0.717) is 42.6 Å². The minimum Gasteiger partial charge on any atom is -0.446 e. The molecular formula is C26H31F4N7O5. The van der Waals surface area contributed by atoms with Gasteiger partial charge < -0.3 is 29.4 Å². The van der Waals surface area contributed by atoms with Gasteiger partial charge in [0.1, 0.15) is 18.0 Å². The van der Waals surface area contributed by atoms with Gasteiger partial charge in [0, 0.05) is 12.7 Å². The van der Waals surface area contributed by atoms with Gasteiger partial charge in [0.15, 0.2) is 12.3 Å². The van der Waals surface area contributed by atoms with E-state index in [9.17, 15) is 27.2 Å². The molecule has 2 fully saturated rings. The maximum atomic E-state index is 14.6. The highest BCUT2D eigenvalue weighted by Crippen LogP contribution is 2.40. The fraction of sp³-hybridized carbons (Fsp3) is 0.577. The number of fused-ring (bicyclic) bond motifs is 1. The summed E-state index contributed by atoms with van der Waals surface area (Å²) in [6, 6.07) is -2.77. The summed E-state index contributed by atoms with van der Waals surface area (Å²) in [6.45, 7) is 0.710. The number of rotatable bonds is 9. The first-order valence-corrected chi connectivity index (χ1v) is 13.4. The third kappa shape index (κ3) is 6.58. The summed E-state index contributed by atoms with van der Waals surface area (Å²) >= 11 is 0. The van der Waals surface area contributed by atoms with Crippen LogP contribution in [0.15, 0.2) is 35.3 Å². The lowest BCUT2D eigenvalue weighted by molar-refractivity contribution is -0.150. The molecule has 2 N–H and O–H groups in total. The molecule has 0 bridgehead atoms. The van der Waals surface area contributed by atoms with Crippen LogP contribution in [0.25, 0.3) is 5.65 Å². The molecule has 0 spiro atoms. The Kier molecular flexibility index (Phi) is 8.25. The molecule has 0 aromatic carbocycles. The van der Waals surface area contributed by atoms with Crippen molar-refractivity contribution < 1.29 is 41.0 Å². The van der Waals surface area contributed by atoms with Gasteiger partial charge >= 0.3 is 18.3 Å². The van der Waals surface area contributed by atoms with Crippen LogP contribution in [0.3, 0.4) is 0 Å². The lowest BCUT2D eigenvalue weighted by atomic mass is 9.77. The fourth-order valence-corrected chi connectivity index (χ4v) is 5.41. The fourth-order valence-electron chi connectivity index (χ4n) is 5.41. The molecule has 1 saturated carbocycles. The van der Waals surface area contributed by atoms with Gasteiger partial charge in [-0.25, -0.2) is 28.5 Å². The van der Waals surface area contributed by atoms with Crippen molar-refractivity contribution >= 4 is 17.8 Å². The second-order valence-corrected chi connectivity index (χ2v) is 10.8. The van der Waals surface area contributed by atoms with Crippen molar-refractivity contribution in [3.05, 3.63) is 48.1 Å². The first-order valence-electron chi connectivity index (χ1n) is 13.4. The number of urea groups is 1. The molecule has 3 amide bonds. The highest BCUT2D eigenvalue weighted by Gasteiger charge is 2.48. The van der Waals surface area contributed by atoms with Gasteiger partial charge in [0.2, 0.25) is 5.89 Å². The Morgan fingerprint density at radius 3 is 2.74 bits per heavy atom. The maximum absolute atomic E-state index is 14.6. The zero-order valence-corrected chi connectivity index (χ0v) is 22.9. The smallest absolute Gasteiger partial charge is 0.410 e. The summed E-state index contributed by atoms with van der Waals surface area (Å²) in [6.07, 6.45) is 2.10. The van der Waals surface area contributed by atoms with Gasteiger partial charge in [0.05, 0.1) is 49.5 Å². The number of carbonyl (C=O) groups excluding carboxylic acids is 2. The molecular weight excluding hydrogens is 566 g/mol. The van der Waals surface area contributed by atoms with E-state index >= 15 is 0 Å². The standard InChI is InChI=1S/C26H31F4N7O5/c1-25(27)5-3-15(4-6-25)22(35-24(39)42-14-21-31-7-8-41-21)17-11-37-20(33-17)9-16(10-32-37)18(13-40-2)36-12-19(26(28,29)30)34-23(36)38/h7-11,15,18-19,22H,3-6,12-14H2,1-2H3,(H,34,38)(H,35,39)/t15?,18-,19+,22+,25?/m1/s1. The van der Waals surface area contributed by atoms with Crippen molar-refractivity contribution in [3.8, 4) is 0 Å². The summed E-state index contributed by atoms with van der Waals surface area (Å²) in [5, 5.41) is 9.16. The van der Waals surface area contributed by atoms with E-state index in [1.54, 1.807) is 19.2 Å². The molecule has 3 aromatic rings. The first kappa shape index (κ1) is 29.5. The Bertz CT molecular complexity index is 1390. The molecule has 228 valence electrons. The van der Waals surface area contributed by atoms with E-state index in [4.69, 9.17) is 13.9 Å². The number of carbonyl (C=O) groups is 2. The van der Waals surface area contributed by atoms with Gasteiger partial charge in [-0.1, -0.05) is 0 Å². The average Bonchev–Trinajstić information content (AvgIpc) is 3.69. The van der Waals surface area contributed by atoms with Crippen molar-refractivity contribution in [3.63, 3.8) is 0 Å². The van der Waals surface area contributed by atoms with E-state index in [1.807, 2.05) is 5.32 Å². The number of aromatic nitrogens is 4. The van der Waals surface area contributed by atoms with Crippen LogP contribution >= 0.6 is 0 Å². The Balaban J connectivity index is 1.39. The lowest BCUT2D eigenvalue weighted by Crippen LogP contribution is -2.40. The topological polar surface area (TPSA) is 136 Å². The maximum Gasteiger partial charge on any atom is 0.410 e. The number of ether oxygens (including phenoxy) is 2. The van der Waals surface area contributed by atoms with Crippen LogP contribution < -0.4 is 10.6 Å². The molecule has 1 aliphatic heterocycles. The third-order valence-corrected chi connectivity index (χ3v) is 7.72. The highest BCUT2D eigenvalue weighted by molar-refractivity contribution is 5.77. The van der Waals surface area contributed by atoms with Crippen molar-refractivity contribution in [2.75, 3.05) is 20.3 Å². The van der Waals surface area contributed by atoms with Crippen LogP contribution in [-0.4, -0.2) is 74.8 Å². The first-order chi connectivity index (χ1) is 19.9. The minimum absolute atomic E-state index is 0.0754. The Morgan fingerprint density at radius 2 is 2.10 bits per heavy atom. The number of imidazole rings is 1. The van der Waals surface area contributed by atoms with Gasteiger partial charge in [-0.3, -0.25) is 0 Å². The second-order valence-electron chi connectivity index (χ2n) is 10.8. The molecule has 3 aromatic heterocycles. The number of alkyl carbamates (subject to hydrolysis) is 1. The molecule has 2 aliphatic rings. The summed E-state index contributed by atoms with van der Waals surface area (Å²) < 4.78 is 71.5. The molecule has 1 aliphatic carbocycles. The highest BCUT2D eigenvalue weighted by atomic mass is 19.4. The van der Waals surface area contributed by atoms with Crippen LogP contribution in [0, 0.1) is 5.92 Å². The zero-order valence-electron chi connectivity index (χ0n) is 22.9. The van der Waals surface area contributed by atoms with Crippen molar-refractivity contribution in [1.29, 1.82) is 0 Å². The second kappa shape index (κ2) is 11.7. The Hall–Kier alpha value is -3.95. The van der Waals surface area contributed by atoms with Crippen molar-refractivity contribution in [1.82, 2.24) is 35.1 Å². The third-order valence-electron chi connectivity index (χ3n) is 7.72. The molecule has 16 heteroatoms. The summed E-state index contributed by atoms with van der Waals surface area (Å²) in [5.41, 5.74) is -0.105. The number of amides is 3. The monoisotopic (exact) mass is 597 g/mol. The number of methoxy groups -OCH3 is 1. The number of alkyl halides is 4. The van der Waals surface area contributed by atoms with E-state index in [-0.39, 0.29) is 25.0 Å². The summed E-state index contributed by atoms with van der Waals surface area (Å²) in [4.78, 5) is 34.8. The number of hydrogen-bond donors (Lipinski definition) is 2. The molecule has 3 atom stereocenters. The molecule has 0 radical (unpaired) electrons. The number of nitrogens with one attached hydrogen (secondary N) is 2. The average molecular weight is 598 g/mol. The minimum atomic E-state index is -4.60. The van der Waals surface area contributed by atoms with Gasteiger partial charge in [-0.05, 0) is 44.6 Å². The molecule has 5 rings (SSSR count). The number of halogens is 4. The summed E-state index contributed by atoms with van der Waals surface area (Å²) in [7, 11) is 1.38. The number of oxazole rings is 1. The van der Waals surface area contributed by atoms with Gasteiger partial charge in [-0.2, -0.15) is 18.3 Å². The van der Waals surface area contributed by atoms with E-state index < -0.39 is 48.6 Å². The van der Waals surface area contributed by atoms with Crippen molar-refractivity contribution in [2.24, 2.45) is 5.92 Å². The lowest BCUT2D eigenvalue weighted by Gasteiger charge is -2.35. The van der Waals surface area contributed by atoms with Crippen molar-refractivity contribution in [2.45, 2.75) is 69.2 Å². The van der Waals surface area contributed by atoms with E-state index in [2.05, 4.69) is 20.4 Å². The number of hydrogen-bond acceptors (Lipinski definition) is 8. The summed E-state index contributed by atoms with van der Waals surface area (Å²) in [5.74, 6) is 0.0669. The Morgan fingerprint density at radius 1 is 1.33 bits per heavy atom. The van der Waals surface area contributed by atoms with E-state index in [0.717, 1.165) is 4.90 Å². The SMILES string of the molecule is COC[C@H](c1cnn2cc([C@@H](NC(=O)OCc3ncco3)C3CCC(C)(F)CC3)nc2c1)N1C[C@@H](C(F)(F)F)NC1=O. The molecule has 0 unspecified atom stereocenters. The van der Waals surface area contributed by atoms with Crippen LogP contribution in [0.2, 0.25) is 0 Å². The van der Waals surface area contributed by atoms with Gasteiger partial charge in [0.25, 0.3) is 0 Å². The quantitative estimate of drug-likeness (QED) is 0.350. The van der Waals surface area contributed by atoms with Crippen LogP contribution in [-0.2, 0) is 16.1 Å². The van der Waals surface area contributed by atoms with Gasteiger partial charge in [-0.15, -0.1) is 0 Å². The van der Waals surface area contributed by atoms with Crippen LogP contribution in [0.1, 0.15) is 61.8 Å². The molecule has 42 heavy (non-hydrogen) atoms. The predicted molar refractivity (Wildman–Crippen MR) is 137 cm³/mol. The molecule has 12 nitrogen and oxygen atoms in total. The number of nitrogens with zero attached hydrogens (tertiary/aromatic N) is 5. The Labute approximate surface area is 237 Å². The zero-order chi connectivity index (χ0) is 30.1. The molecule has 1 saturated heterocycles.